The molecule has 7 heteroatoms. The molecule has 1 aromatic rings. The molecule has 22 heavy (non-hydrogen) atoms. The Morgan fingerprint density at radius 2 is 1.95 bits per heavy atom. The van der Waals surface area contributed by atoms with E-state index in [0.29, 0.717) is 0 Å². The van der Waals surface area contributed by atoms with Crippen molar-refractivity contribution < 1.29 is 27.8 Å². The summed E-state index contributed by atoms with van der Waals surface area (Å²) in [6.07, 6.45) is -5.15. The number of nitrogens with zero attached hydrogens (tertiary/aromatic N) is 1. The van der Waals surface area contributed by atoms with Crippen LogP contribution in [0.1, 0.15) is 18.4 Å². The lowest BCUT2D eigenvalue weighted by atomic mass is 9.93. The number of hydrogen-bond acceptors (Lipinski definition) is 3. The van der Waals surface area contributed by atoms with Crippen LogP contribution in [0.25, 0.3) is 0 Å². The summed E-state index contributed by atoms with van der Waals surface area (Å²) in [6, 6.07) is 8.25. The molecule has 1 aliphatic heterocycles. The summed E-state index contributed by atoms with van der Waals surface area (Å²) >= 11 is 0. The van der Waals surface area contributed by atoms with E-state index in [1.807, 2.05) is 6.07 Å². The van der Waals surface area contributed by atoms with Crippen molar-refractivity contribution in [1.82, 2.24) is 4.90 Å². The minimum Gasteiger partial charge on any atom is -0.445 e. The predicted octanol–water partition coefficient (Wildman–Crippen LogP) is 2.96. The first-order valence-electron chi connectivity index (χ1n) is 7.06. The molecule has 1 amide bonds. The highest BCUT2D eigenvalue weighted by Crippen LogP contribution is 2.35. The molecular formula is C15H18F3NO3. The Labute approximate surface area is 126 Å². The molecule has 1 fully saturated rings. The molecule has 0 radical (unpaired) electrons. The molecule has 4 nitrogen and oxygen atoms in total. The number of alkyl halides is 3. The maximum Gasteiger partial charge on any atom is 0.410 e. The SMILES string of the molecule is O=C(OCc1ccccc1)N1C[C@@H](C(F)(F)F)CC[C@@H]1CO. The van der Waals surface area contributed by atoms with Crippen LogP contribution in [0.4, 0.5) is 18.0 Å². The number of ether oxygens (including phenoxy) is 1. The fourth-order valence-electron chi connectivity index (χ4n) is 2.51. The number of hydrogen-bond donors (Lipinski definition) is 1. The summed E-state index contributed by atoms with van der Waals surface area (Å²) in [5.41, 5.74) is 0.751. The van der Waals surface area contributed by atoms with Gasteiger partial charge in [0, 0.05) is 6.54 Å². The molecule has 0 aromatic heterocycles. The van der Waals surface area contributed by atoms with Crippen molar-refractivity contribution in [3.8, 4) is 0 Å². The Balaban J connectivity index is 1.98. The molecule has 1 aliphatic rings. The maximum atomic E-state index is 12.8. The zero-order chi connectivity index (χ0) is 16.2. The fourth-order valence-corrected chi connectivity index (χ4v) is 2.51. The van der Waals surface area contributed by atoms with Crippen molar-refractivity contribution in [2.45, 2.75) is 31.7 Å². The van der Waals surface area contributed by atoms with E-state index in [9.17, 15) is 23.1 Å². The van der Waals surface area contributed by atoms with Crippen molar-refractivity contribution in [3.05, 3.63) is 35.9 Å². The van der Waals surface area contributed by atoms with Crippen LogP contribution in [0.15, 0.2) is 30.3 Å². The van der Waals surface area contributed by atoms with Gasteiger partial charge in [0.25, 0.3) is 0 Å². The Hall–Kier alpha value is -1.76. The summed E-state index contributed by atoms with van der Waals surface area (Å²) in [7, 11) is 0. The van der Waals surface area contributed by atoms with E-state index in [2.05, 4.69) is 0 Å². The highest BCUT2D eigenvalue weighted by molar-refractivity contribution is 5.68. The minimum absolute atomic E-state index is 0.00892. The lowest BCUT2D eigenvalue weighted by molar-refractivity contribution is -0.189. The van der Waals surface area contributed by atoms with E-state index in [4.69, 9.17) is 4.74 Å². The van der Waals surface area contributed by atoms with Crippen molar-refractivity contribution in [3.63, 3.8) is 0 Å². The molecule has 0 saturated carbocycles. The average Bonchev–Trinajstić information content (AvgIpc) is 2.52. The standard InChI is InChI=1S/C15H18F3NO3/c16-15(17,18)12-6-7-13(9-20)19(8-12)14(21)22-10-11-4-2-1-3-5-11/h1-5,12-13,20H,6-10H2/t12-,13+/m0/s1. The van der Waals surface area contributed by atoms with Gasteiger partial charge in [-0.05, 0) is 18.4 Å². The van der Waals surface area contributed by atoms with E-state index in [1.165, 1.54) is 0 Å². The van der Waals surface area contributed by atoms with Gasteiger partial charge >= 0.3 is 12.3 Å². The van der Waals surface area contributed by atoms with Gasteiger partial charge in [0.1, 0.15) is 6.61 Å². The fraction of sp³-hybridized carbons (Fsp3) is 0.533. The molecule has 0 unspecified atom stereocenters. The summed E-state index contributed by atoms with van der Waals surface area (Å²) in [5, 5.41) is 9.25. The monoisotopic (exact) mass is 317 g/mol. The Morgan fingerprint density at radius 3 is 2.55 bits per heavy atom. The van der Waals surface area contributed by atoms with E-state index in [0.717, 1.165) is 10.5 Å². The summed E-state index contributed by atoms with van der Waals surface area (Å²) in [6.45, 7) is -0.849. The number of piperidine rings is 1. The van der Waals surface area contributed by atoms with Crippen LogP contribution in [-0.2, 0) is 11.3 Å². The van der Waals surface area contributed by atoms with Gasteiger partial charge < -0.3 is 14.7 Å². The van der Waals surface area contributed by atoms with Crippen LogP contribution in [0.5, 0.6) is 0 Å². The number of aliphatic hydroxyl groups is 1. The molecule has 0 aliphatic carbocycles. The van der Waals surface area contributed by atoms with Crippen molar-refractivity contribution in [2.24, 2.45) is 5.92 Å². The normalized spacial score (nSPS) is 22.5. The van der Waals surface area contributed by atoms with E-state index in [1.54, 1.807) is 24.3 Å². The van der Waals surface area contributed by atoms with Crippen LogP contribution in [0.3, 0.4) is 0 Å². The number of carbonyl (C=O) groups is 1. The van der Waals surface area contributed by atoms with Crippen LogP contribution >= 0.6 is 0 Å². The number of carbonyl (C=O) groups excluding carboxylic acids is 1. The molecular weight excluding hydrogens is 299 g/mol. The van der Waals surface area contributed by atoms with Crippen LogP contribution < -0.4 is 0 Å². The first-order chi connectivity index (χ1) is 10.4. The molecule has 122 valence electrons. The van der Waals surface area contributed by atoms with Crippen LogP contribution in [-0.4, -0.2) is 41.5 Å². The van der Waals surface area contributed by atoms with Gasteiger partial charge in [0.05, 0.1) is 18.6 Å². The number of rotatable bonds is 3. The first kappa shape index (κ1) is 16.6. The van der Waals surface area contributed by atoms with Gasteiger partial charge in [-0.15, -0.1) is 0 Å². The lowest BCUT2D eigenvalue weighted by Gasteiger charge is -2.38. The number of halogens is 3. The highest BCUT2D eigenvalue weighted by Gasteiger charge is 2.45. The zero-order valence-electron chi connectivity index (χ0n) is 11.9. The topological polar surface area (TPSA) is 49.8 Å². The third-order valence-electron chi connectivity index (χ3n) is 3.82. The van der Waals surface area contributed by atoms with Gasteiger partial charge in [0.2, 0.25) is 0 Å². The quantitative estimate of drug-likeness (QED) is 0.932. The number of aliphatic hydroxyl groups excluding tert-OH is 1. The number of amides is 1. The smallest absolute Gasteiger partial charge is 0.410 e. The maximum absolute atomic E-state index is 12.8. The lowest BCUT2D eigenvalue weighted by Crippen LogP contribution is -2.51. The van der Waals surface area contributed by atoms with Gasteiger partial charge in [0.15, 0.2) is 0 Å². The molecule has 2 atom stereocenters. The molecule has 1 N–H and O–H groups in total. The second kappa shape index (κ2) is 7.00. The van der Waals surface area contributed by atoms with E-state index >= 15 is 0 Å². The van der Waals surface area contributed by atoms with E-state index in [-0.39, 0.29) is 26.1 Å². The second-order valence-corrected chi connectivity index (χ2v) is 5.34. The zero-order valence-corrected chi connectivity index (χ0v) is 11.9. The second-order valence-electron chi connectivity index (χ2n) is 5.34. The third kappa shape index (κ3) is 4.13. The van der Waals surface area contributed by atoms with Crippen molar-refractivity contribution in [1.29, 1.82) is 0 Å². The van der Waals surface area contributed by atoms with Crippen molar-refractivity contribution in [2.75, 3.05) is 13.2 Å². The first-order valence-corrected chi connectivity index (χ1v) is 7.06. The van der Waals surface area contributed by atoms with Gasteiger partial charge in [-0.1, -0.05) is 30.3 Å². The molecule has 1 saturated heterocycles. The molecule has 1 heterocycles. The molecule has 0 bridgehead atoms. The average molecular weight is 317 g/mol. The van der Waals surface area contributed by atoms with Gasteiger partial charge in [-0.25, -0.2) is 4.79 Å². The Kier molecular flexibility index (Phi) is 5.28. The summed E-state index contributed by atoms with van der Waals surface area (Å²) in [4.78, 5) is 13.0. The van der Waals surface area contributed by atoms with Crippen LogP contribution in [0.2, 0.25) is 0 Å². The number of likely N-dealkylation sites (tertiary alicyclic amines) is 1. The molecule has 0 spiro atoms. The Morgan fingerprint density at radius 1 is 1.27 bits per heavy atom. The summed E-state index contributed by atoms with van der Waals surface area (Å²) in [5.74, 6) is -1.57. The van der Waals surface area contributed by atoms with E-state index < -0.39 is 30.8 Å². The van der Waals surface area contributed by atoms with Crippen molar-refractivity contribution >= 4 is 6.09 Å². The minimum atomic E-state index is -4.35. The third-order valence-corrected chi connectivity index (χ3v) is 3.82. The highest BCUT2D eigenvalue weighted by atomic mass is 19.4. The van der Waals surface area contributed by atoms with Gasteiger partial charge in [-0.3, -0.25) is 0 Å². The Bertz CT molecular complexity index is 493. The number of benzene rings is 1. The predicted molar refractivity (Wildman–Crippen MR) is 73.0 cm³/mol. The molecule has 1 aromatic carbocycles. The van der Waals surface area contributed by atoms with Crippen LogP contribution in [0, 0.1) is 5.92 Å². The molecule has 2 rings (SSSR count). The summed E-state index contributed by atoms with van der Waals surface area (Å²) < 4.78 is 43.5. The van der Waals surface area contributed by atoms with Gasteiger partial charge in [-0.2, -0.15) is 13.2 Å². The largest absolute Gasteiger partial charge is 0.445 e.